The van der Waals surface area contributed by atoms with Gasteiger partial charge in [-0.2, -0.15) is 0 Å². The highest BCUT2D eigenvalue weighted by atomic mass is 16.5. The molecule has 6 heteroatoms. The summed E-state index contributed by atoms with van der Waals surface area (Å²) in [6, 6.07) is 0.412. The molecule has 0 N–H and O–H groups in total. The molecule has 0 aromatic carbocycles. The van der Waals surface area contributed by atoms with Crippen LogP contribution < -0.4 is 4.90 Å². The lowest BCUT2D eigenvalue weighted by Gasteiger charge is -2.36. The molecule has 4 rings (SSSR count). The van der Waals surface area contributed by atoms with E-state index in [-0.39, 0.29) is 12.2 Å². The van der Waals surface area contributed by atoms with Crippen molar-refractivity contribution in [2.45, 2.75) is 57.3 Å². The van der Waals surface area contributed by atoms with Crippen molar-refractivity contribution in [1.29, 1.82) is 0 Å². The van der Waals surface area contributed by atoms with E-state index in [9.17, 15) is 0 Å². The summed E-state index contributed by atoms with van der Waals surface area (Å²) >= 11 is 0. The van der Waals surface area contributed by atoms with Crippen LogP contribution in [-0.4, -0.2) is 61.2 Å². The third-order valence-corrected chi connectivity index (χ3v) is 5.66. The second-order valence-electron chi connectivity index (χ2n) is 7.58. The van der Waals surface area contributed by atoms with Crippen LogP contribution in [0.2, 0.25) is 0 Å². The van der Waals surface area contributed by atoms with Gasteiger partial charge in [-0.25, -0.2) is 9.97 Å². The number of hydrogen-bond donors (Lipinski definition) is 0. The highest BCUT2D eigenvalue weighted by Gasteiger charge is 2.40. The predicted octanol–water partition coefficient (Wildman–Crippen LogP) is 2.35. The maximum atomic E-state index is 6.33. The van der Waals surface area contributed by atoms with Crippen LogP contribution in [0.3, 0.4) is 0 Å². The fourth-order valence-electron chi connectivity index (χ4n) is 4.18. The monoisotopic (exact) mass is 347 g/mol. The summed E-state index contributed by atoms with van der Waals surface area (Å²) < 4.78 is 17.7. The van der Waals surface area contributed by atoms with E-state index in [4.69, 9.17) is 14.2 Å². The molecule has 6 nitrogen and oxygen atoms in total. The zero-order chi connectivity index (χ0) is 17.1. The van der Waals surface area contributed by atoms with Crippen molar-refractivity contribution >= 4 is 5.95 Å². The molecule has 0 radical (unpaired) electrons. The van der Waals surface area contributed by atoms with Crippen LogP contribution >= 0.6 is 0 Å². The number of aromatic nitrogens is 2. The summed E-state index contributed by atoms with van der Waals surface area (Å²) in [4.78, 5) is 11.3. The first-order valence-corrected chi connectivity index (χ1v) is 9.66. The lowest BCUT2D eigenvalue weighted by atomic mass is 9.99. The Morgan fingerprint density at radius 3 is 2.68 bits per heavy atom. The average Bonchev–Trinajstić information content (AvgIpc) is 3.06. The van der Waals surface area contributed by atoms with Crippen LogP contribution in [0.5, 0.6) is 0 Å². The second kappa shape index (κ2) is 7.98. The van der Waals surface area contributed by atoms with Gasteiger partial charge in [0.1, 0.15) is 0 Å². The van der Waals surface area contributed by atoms with Gasteiger partial charge in [0, 0.05) is 38.8 Å². The molecule has 4 heterocycles. The molecule has 0 bridgehead atoms. The van der Waals surface area contributed by atoms with Crippen molar-refractivity contribution in [3.05, 3.63) is 18.0 Å². The van der Waals surface area contributed by atoms with Gasteiger partial charge in [0.15, 0.2) is 0 Å². The molecule has 3 aliphatic heterocycles. The van der Waals surface area contributed by atoms with Gasteiger partial charge >= 0.3 is 0 Å². The average molecular weight is 347 g/mol. The first-order chi connectivity index (χ1) is 12.3. The minimum atomic E-state index is 0.236. The second-order valence-corrected chi connectivity index (χ2v) is 7.58. The summed E-state index contributed by atoms with van der Waals surface area (Å²) in [5, 5.41) is 0. The first kappa shape index (κ1) is 17.2. The number of nitrogens with zero attached hydrogens (tertiary/aromatic N) is 3. The lowest BCUT2D eigenvalue weighted by Crippen LogP contribution is -2.44. The highest BCUT2D eigenvalue weighted by molar-refractivity contribution is 5.35. The maximum absolute atomic E-state index is 6.33. The minimum absolute atomic E-state index is 0.236. The summed E-state index contributed by atoms with van der Waals surface area (Å²) in [6.07, 6.45) is 9.81. The molecule has 3 atom stereocenters. The van der Waals surface area contributed by atoms with Gasteiger partial charge in [-0.05, 0) is 50.5 Å². The first-order valence-electron chi connectivity index (χ1n) is 9.66. The summed E-state index contributed by atoms with van der Waals surface area (Å²) in [5.74, 6) is 1.50. The van der Waals surface area contributed by atoms with Crippen molar-refractivity contribution in [2.24, 2.45) is 5.92 Å². The van der Waals surface area contributed by atoms with E-state index in [0.29, 0.717) is 12.0 Å². The SMILES string of the molecule is Cc1cnc(N2CC[C@@H]3O[C@H](COCC4CCOCC4)CC[C@@H]32)nc1. The molecule has 1 aromatic rings. The lowest BCUT2D eigenvalue weighted by molar-refractivity contribution is -0.0931. The number of ether oxygens (including phenoxy) is 3. The molecule has 138 valence electrons. The zero-order valence-corrected chi connectivity index (χ0v) is 15.1. The Labute approximate surface area is 149 Å². The maximum Gasteiger partial charge on any atom is 0.225 e. The molecule has 0 aliphatic carbocycles. The molecule has 1 aromatic heterocycles. The summed E-state index contributed by atoms with van der Waals surface area (Å²) in [6.45, 7) is 6.34. The predicted molar refractivity (Wildman–Crippen MR) is 94.8 cm³/mol. The molecule has 0 spiro atoms. The number of rotatable bonds is 5. The topological polar surface area (TPSA) is 56.7 Å². The molecule has 3 saturated heterocycles. The Morgan fingerprint density at radius 1 is 1.08 bits per heavy atom. The van der Waals surface area contributed by atoms with Gasteiger partial charge in [0.2, 0.25) is 5.95 Å². The van der Waals surface area contributed by atoms with Crippen LogP contribution in [0, 0.1) is 12.8 Å². The molecular weight excluding hydrogens is 318 g/mol. The molecular formula is C19H29N3O3. The number of aryl methyl sites for hydroxylation is 1. The van der Waals surface area contributed by atoms with Gasteiger partial charge in [0.05, 0.1) is 24.9 Å². The van der Waals surface area contributed by atoms with E-state index >= 15 is 0 Å². The Balaban J connectivity index is 1.24. The van der Waals surface area contributed by atoms with Crippen molar-refractivity contribution in [2.75, 3.05) is 37.9 Å². The van der Waals surface area contributed by atoms with E-state index in [0.717, 1.165) is 76.6 Å². The Kier molecular flexibility index (Phi) is 5.48. The van der Waals surface area contributed by atoms with Crippen LogP contribution in [-0.2, 0) is 14.2 Å². The van der Waals surface area contributed by atoms with Crippen molar-refractivity contribution < 1.29 is 14.2 Å². The minimum Gasteiger partial charge on any atom is -0.381 e. The zero-order valence-electron chi connectivity index (χ0n) is 15.1. The number of hydrogen-bond acceptors (Lipinski definition) is 6. The Hall–Kier alpha value is -1.24. The van der Waals surface area contributed by atoms with Crippen molar-refractivity contribution in [1.82, 2.24) is 9.97 Å². The molecule has 25 heavy (non-hydrogen) atoms. The van der Waals surface area contributed by atoms with E-state index in [1.54, 1.807) is 0 Å². The van der Waals surface area contributed by atoms with Crippen LogP contribution in [0.25, 0.3) is 0 Å². The van der Waals surface area contributed by atoms with Gasteiger partial charge < -0.3 is 19.1 Å². The van der Waals surface area contributed by atoms with Gasteiger partial charge in [0.25, 0.3) is 0 Å². The third kappa shape index (κ3) is 4.13. The smallest absolute Gasteiger partial charge is 0.225 e. The van der Waals surface area contributed by atoms with Crippen molar-refractivity contribution in [3.8, 4) is 0 Å². The van der Waals surface area contributed by atoms with Crippen molar-refractivity contribution in [3.63, 3.8) is 0 Å². The highest BCUT2D eigenvalue weighted by Crippen LogP contribution is 2.33. The molecule has 3 fully saturated rings. The van der Waals surface area contributed by atoms with Gasteiger partial charge in [-0.1, -0.05) is 0 Å². The molecule has 3 aliphatic rings. The van der Waals surface area contributed by atoms with Gasteiger partial charge in [-0.15, -0.1) is 0 Å². The van der Waals surface area contributed by atoms with E-state index in [1.807, 2.05) is 19.3 Å². The summed E-state index contributed by atoms with van der Waals surface area (Å²) in [5.41, 5.74) is 1.10. The van der Waals surface area contributed by atoms with Crippen LogP contribution in [0.15, 0.2) is 12.4 Å². The largest absolute Gasteiger partial charge is 0.381 e. The fraction of sp³-hybridized carbons (Fsp3) is 0.789. The fourth-order valence-corrected chi connectivity index (χ4v) is 4.18. The Morgan fingerprint density at radius 2 is 1.88 bits per heavy atom. The number of anilines is 1. The van der Waals surface area contributed by atoms with E-state index in [1.165, 1.54) is 0 Å². The molecule has 0 saturated carbocycles. The quantitative estimate of drug-likeness (QED) is 0.815. The number of fused-ring (bicyclic) bond motifs is 1. The van der Waals surface area contributed by atoms with Crippen LogP contribution in [0.1, 0.15) is 37.7 Å². The summed E-state index contributed by atoms with van der Waals surface area (Å²) in [7, 11) is 0. The molecule has 0 unspecified atom stereocenters. The normalized spacial score (nSPS) is 30.4. The van der Waals surface area contributed by atoms with Gasteiger partial charge in [-0.3, -0.25) is 0 Å². The van der Waals surface area contributed by atoms with E-state index in [2.05, 4.69) is 14.9 Å². The molecule has 0 amide bonds. The van der Waals surface area contributed by atoms with Crippen LogP contribution in [0.4, 0.5) is 5.95 Å². The standard InChI is InChI=1S/C19H29N3O3/c1-14-10-20-19(21-11-14)22-7-4-18-17(22)3-2-16(25-18)13-24-12-15-5-8-23-9-6-15/h10-11,15-18H,2-9,12-13H2,1H3/t16-,17-,18-/m0/s1. The third-order valence-electron chi connectivity index (χ3n) is 5.66. The van der Waals surface area contributed by atoms with E-state index < -0.39 is 0 Å². The Bertz CT molecular complexity index is 547.